The van der Waals surface area contributed by atoms with E-state index in [9.17, 15) is 8.78 Å². The molecule has 0 amide bonds. The smallest absolute Gasteiger partial charge is 0.150 e. The van der Waals surface area contributed by atoms with Crippen molar-refractivity contribution < 1.29 is 13.5 Å². The molecule has 3 aromatic carbocycles. The highest BCUT2D eigenvalue weighted by molar-refractivity contribution is 7.78. The Bertz CT molecular complexity index is 1290. The SMILES string of the molecule is CCCCCOc1ccc(C#Cc2ccc(C#Cc3ccc(N=C=S)c(F)c3)c(F)c2)cc1. The highest BCUT2D eigenvalue weighted by atomic mass is 32.1. The van der Waals surface area contributed by atoms with E-state index in [-0.39, 0.29) is 11.3 Å². The lowest BCUT2D eigenvalue weighted by Gasteiger charge is -2.05. The fraction of sp³-hybridized carbons (Fsp3) is 0.179. The van der Waals surface area contributed by atoms with Gasteiger partial charge in [-0.2, -0.15) is 4.99 Å². The van der Waals surface area contributed by atoms with Crippen molar-refractivity contribution in [1.29, 1.82) is 0 Å². The minimum Gasteiger partial charge on any atom is -0.494 e. The molecule has 0 atom stereocenters. The molecule has 0 aliphatic rings. The lowest BCUT2D eigenvalue weighted by Crippen LogP contribution is -1.96. The normalized spacial score (nSPS) is 9.67. The van der Waals surface area contributed by atoms with E-state index in [0.717, 1.165) is 30.6 Å². The molecular weight excluding hydrogens is 436 g/mol. The number of halogens is 2. The van der Waals surface area contributed by atoms with Crippen LogP contribution in [0.15, 0.2) is 65.7 Å². The fourth-order valence-electron chi connectivity index (χ4n) is 2.88. The first-order chi connectivity index (χ1) is 16.1. The van der Waals surface area contributed by atoms with Gasteiger partial charge in [-0.1, -0.05) is 43.4 Å². The second-order valence-corrected chi connectivity index (χ2v) is 7.33. The summed E-state index contributed by atoms with van der Waals surface area (Å²) in [7, 11) is 0. The number of thiocarbonyl (C=S) groups is 1. The third-order valence-corrected chi connectivity index (χ3v) is 4.74. The van der Waals surface area contributed by atoms with Crippen LogP contribution in [0.2, 0.25) is 0 Å². The highest BCUT2D eigenvalue weighted by Crippen LogP contribution is 2.18. The number of hydrogen-bond donors (Lipinski definition) is 0. The van der Waals surface area contributed by atoms with Gasteiger partial charge in [-0.25, -0.2) is 8.78 Å². The lowest BCUT2D eigenvalue weighted by molar-refractivity contribution is 0.306. The molecule has 0 heterocycles. The summed E-state index contributed by atoms with van der Waals surface area (Å²) in [5.41, 5.74) is 2.03. The van der Waals surface area contributed by atoms with Crippen molar-refractivity contribution in [3.8, 4) is 29.4 Å². The van der Waals surface area contributed by atoms with Crippen molar-refractivity contribution in [2.45, 2.75) is 26.2 Å². The maximum Gasteiger partial charge on any atom is 0.150 e. The van der Waals surface area contributed by atoms with Crippen LogP contribution < -0.4 is 4.74 Å². The molecule has 5 heteroatoms. The van der Waals surface area contributed by atoms with E-state index in [0.29, 0.717) is 17.7 Å². The molecule has 0 aromatic heterocycles. The Morgan fingerprint density at radius 2 is 1.42 bits per heavy atom. The molecule has 0 aliphatic carbocycles. The van der Waals surface area contributed by atoms with E-state index in [1.54, 1.807) is 18.2 Å². The van der Waals surface area contributed by atoms with Crippen molar-refractivity contribution in [2.24, 2.45) is 4.99 Å². The van der Waals surface area contributed by atoms with Crippen LogP contribution in [-0.2, 0) is 0 Å². The zero-order valence-corrected chi connectivity index (χ0v) is 18.9. The summed E-state index contributed by atoms with van der Waals surface area (Å²) in [5, 5.41) is 2.12. The molecule has 0 N–H and O–H groups in total. The monoisotopic (exact) mass is 457 g/mol. The standard InChI is InChI=1S/C28H21F2NOS/c1-2-3-4-17-32-25-14-9-21(10-15-25)5-6-22-7-12-24(26(29)18-22)13-8-23-11-16-28(31-20-33)27(30)19-23/h7,9-12,14-16,18-19H,2-4,17H2,1H3. The minimum atomic E-state index is -0.568. The number of rotatable bonds is 6. The van der Waals surface area contributed by atoms with Crippen LogP contribution in [0.4, 0.5) is 14.5 Å². The molecule has 0 saturated heterocycles. The molecule has 2 nitrogen and oxygen atoms in total. The van der Waals surface area contributed by atoms with Crippen LogP contribution in [0.25, 0.3) is 0 Å². The van der Waals surface area contributed by atoms with Crippen molar-refractivity contribution in [3.63, 3.8) is 0 Å². The number of isothiocyanates is 1. The predicted octanol–water partition coefficient (Wildman–Crippen LogP) is 7.07. The summed E-state index contributed by atoms with van der Waals surface area (Å²) in [5.74, 6) is 11.2. The first-order valence-electron chi connectivity index (χ1n) is 10.5. The first-order valence-corrected chi connectivity index (χ1v) is 10.9. The lowest BCUT2D eigenvalue weighted by atomic mass is 10.1. The van der Waals surface area contributed by atoms with Gasteiger partial charge in [0.2, 0.25) is 0 Å². The number of nitrogens with zero attached hydrogens (tertiary/aromatic N) is 1. The quantitative estimate of drug-likeness (QED) is 0.171. The van der Waals surface area contributed by atoms with Gasteiger partial charge < -0.3 is 4.74 Å². The number of aliphatic imine (C=N–C) groups is 1. The van der Waals surface area contributed by atoms with Crippen molar-refractivity contribution in [1.82, 2.24) is 0 Å². The van der Waals surface area contributed by atoms with Crippen molar-refractivity contribution in [3.05, 3.63) is 94.6 Å². The van der Waals surface area contributed by atoms with Crippen LogP contribution in [0.5, 0.6) is 5.75 Å². The number of hydrogen-bond acceptors (Lipinski definition) is 3. The van der Waals surface area contributed by atoms with E-state index < -0.39 is 11.6 Å². The molecule has 0 aliphatic heterocycles. The highest BCUT2D eigenvalue weighted by Gasteiger charge is 2.02. The van der Waals surface area contributed by atoms with E-state index in [1.165, 1.54) is 18.2 Å². The molecule has 33 heavy (non-hydrogen) atoms. The van der Waals surface area contributed by atoms with E-state index in [4.69, 9.17) is 4.74 Å². The van der Waals surface area contributed by atoms with Crippen LogP contribution in [-0.4, -0.2) is 11.8 Å². The van der Waals surface area contributed by atoms with Gasteiger partial charge in [-0.3, -0.25) is 0 Å². The molecule has 0 fully saturated rings. The molecule has 164 valence electrons. The summed E-state index contributed by atoms with van der Waals surface area (Å²) in [6.45, 7) is 2.86. The van der Waals surface area contributed by atoms with Crippen molar-refractivity contribution in [2.75, 3.05) is 6.61 Å². The van der Waals surface area contributed by atoms with Gasteiger partial charge in [0.1, 0.15) is 17.3 Å². The predicted molar refractivity (Wildman–Crippen MR) is 131 cm³/mol. The maximum absolute atomic E-state index is 14.5. The molecule has 3 rings (SSSR count). The molecule has 0 radical (unpaired) electrons. The Morgan fingerprint density at radius 3 is 2.09 bits per heavy atom. The molecule has 0 saturated carbocycles. The average molecular weight is 458 g/mol. The van der Waals surface area contributed by atoms with Crippen LogP contribution in [0, 0.1) is 35.3 Å². The Morgan fingerprint density at radius 1 is 0.788 bits per heavy atom. The minimum absolute atomic E-state index is 0.0822. The molecule has 3 aromatic rings. The van der Waals surface area contributed by atoms with Crippen molar-refractivity contribution >= 4 is 23.1 Å². The summed E-state index contributed by atoms with van der Waals surface area (Å²) < 4.78 is 34.0. The van der Waals surface area contributed by atoms with E-state index >= 15 is 0 Å². The Labute approximate surface area is 198 Å². The molecular formula is C28H21F2NOS. The van der Waals surface area contributed by atoms with Gasteiger partial charge in [0, 0.05) is 16.7 Å². The first kappa shape index (κ1) is 23.9. The largest absolute Gasteiger partial charge is 0.494 e. The van der Waals surface area contributed by atoms with Gasteiger partial charge in [0.05, 0.1) is 17.3 Å². The summed E-state index contributed by atoms with van der Waals surface area (Å²) in [4.78, 5) is 3.61. The van der Waals surface area contributed by atoms with Gasteiger partial charge >= 0.3 is 0 Å². The van der Waals surface area contributed by atoms with Gasteiger partial charge in [0.15, 0.2) is 5.82 Å². The topological polar surface area (TPSA) is 21.6 Å². The summed E-state index contributed by atoms with van der Waals surface area (Å²) in [6.07, 6.45) is 3.35. The van der Waals surface area contributed by atoms with Crippen LogP contribution in [0.1, 0.15) is 48.4 Å². The number of ether oxygens (including phenoxy) is 1. The zero-order chi connectivity index (χ0) is 23.5. The summed E-state index contributed by atoms with van der Waals surface area (Å²) in [6, 6.07) is 16.3. The maximum atomic E-state index is 14.5. The van der Waals surface area contributed by atoms with Crippen LogP contribution in [0.3, 0.4) is 0 Å². The third kappa shape index (κ3) is 7.41. The van der Waals surface area contributed by atoms with E-state index in [1.807, 2.05) is 24.3 Å². The molecule has 0 bridgehead atoms. The third-order valence-electron chi connectivity index (χ3n) is 4.65. The van der Waals surface area contributed by atoms with E-state index in [2.05, 4.69) is 53.0 Å². The number of benzene rings is 3. The zero-order valence-electron chi connectivity index (χ0n) is 18.1. The van der Waals surface area contributed by atoms with Gasteiger partial charge in [0.25, 0.3) is 0 Å². The Kier molecular flexibility index (Phi) is 8.92. The molecule has 0 unspecified atom stereocenters. The second kappa shape index (κ2) is 12.3. The number of unbranched alkanes of at least 4 members (excludes halogenated alkanes) is 2. The summed E-state index contributed by atoms with van der Waals surface area (Å²) >= 11 is 4.47. The van der Waals surface area contributed by atoms with Crippen LogP contribution >= 0.6 is 12.2 Å². The Hall–Kier alpha value is -3.76. The average Bonchev–Trinajstić information content (AvgIpc) is 2.82. The van der Waals surface area contributed by atoms with Gasteiger partial charge in [-0.15, -0.1) is 0 Å². The fourth-order valence-corrected chi connectivity index (χ4v) is 2.98. The second-order valence-electron chi connectivity index (χ2n) is 7.14. The molecule has 0 spiro atoms. The van der Waals surface area contributed by atoms with Gasteiger partial charge in [-0.05, 0) is 79.3 Å². The Balaban J connectivity index is 1.66.